The van der Waals surface area contributed by atoms with E-state index >= 15 is 0 Å². The molecule has 2 heterocycles. The number of anilines is 2. The highest BCUT2D eigenvalue weighted by Crippen LogP contribution is 2.34. The molecule has 1 aliphatic heterocycles. The second-order valence-corrected chi connectivity index (χ2v) is 6.60. The summed E-state index contributed by atoms with van der Waals surface area (Å²) < 4.78 is 0. The van der Waals surface area contributed by atoms with Gasteiger partial charge in [-0.05, 0) is 31.4 Å². The Bertz CT molecular complexity index is 701. The summed E-state index contributed by atoms with van der Waals surface area (Å²) in [6.45, 7) is 0.736. The van der Waals surface area contributed by atoms with Gasteiger partial charge in [-0.3, -0.25) is 5.10 Å². The van der Waals surface area contributed by atoms with Crippen molar-refractivity contribution in [1.82, 2.24) is 15.1 Å². The number of hydrogen-bond donors (Lipinski definition) is 2. The second-order valence-electron chi connectivity index (χ2n) is 6.20. The van der Waals surface area contributed by atoms with Crippen molar-refractivity contribution in [3.63, 3.8) is 0 Å². The van der Waals surface area contributed by atoms with Crippen LogP contribution in [0.3, 0.4) is 0 Å². The van der Waals surface area contributed by atoms with Crippen LogP contribution in [0.2, 0.25) is 5.02 Å². The summed E-state index contributed by atoms with van der Waals surface area (Å²) in [6, 6.07) is 5.48. The summed E-state index contributed by atoms with van der Waals surface area (Å²) in [5, 5.41) is 10.5. The fourth-order valence-electron chi connectivity index (χ4n) is 3.22. The number of carbonyl (C=O) groups is 1. The third kappa shape index (κ3) is 3.33. The zero-order chi connectivity index (χ0) is 17.1. The molecule has 6 nitrogen and oxygen atoms in total. The van der Waals surface area contributed by atoms with Crippen LogP contribution in [0.1, 0.15) is 30.9 Å². The average molecular weight is 348 g/mol. The lowest BCUT2D eigenvalue weighted by atomic mass is 9.98. The van der Waals surface area contributed by atoms with Crippen LogP contribution >= 0.6 is 11.6 Å². The molecule has 1 aromatic heterocycles. The highest BCUT2D eigenvalue weighted by atomic mass is 35.5. The Morgan fingerprint density at radius 2 is 2.25 bits per heavy atom. The maximum absolute atomic E-state index is 12.9. The van der Waals surface area contributed by atoms with Gasteiger partial charge < -0.3 is 15.1 Å². The number of nitrogens with one attached hydrogen (secondary N) is 2. The molecule has 7 heteroatoms. The van der Waals surface area contributed by atoms with Crippen molar-refractivity contribution in [2.45, 2.75) is 25.3 Å². The van der Waals surface area contributed by atoms with Gasteiger partial charge in [0.1, 0.15) is 0 Å². The lowest BCUT2D eigenvalue weighted by Gasteiger charge is -2.35. The molecule has 0 saturated carbocycles. The van der Waals surface area contributed by atoms with Gasteiger partial charge in [-0.15, -0.1) is 0 Å². The fourth-order valence-corrected chi connectivity index (χ4v) is 3.57. The van der Waals surface area contributed by atoms with Crippen LogP contribution in [0.15, 0.2) is 30.6 Å². The number of carbonyl (C=O) groups excluding carboxylic acids is 1. The normalized spacial score (nSPS) is 17.6. The van der Waals surface area contributed by atoms with E-state index in [0.717, 1.165) is 37.1 Å². The van der Waals surface area contributed by atoms with Crippen molar-refractivity contribution >= 4 is 29.0 Å². The number of halogens is 1. The van der Waals surface area contributed by atoms with Gasteiger partial charge in [0.15, 0.2) is 0 Å². The molecule has 0 spiro atoms. The number of nitrogens with zero attached hydrogens (tertiary/aromatic N) is 3. The van der Waals surface area contributed by atoms with Gasteiger partial charge in [-0.2, -0.15) is 5.10 Å². The van der Waals surface area contributed by atoms with E-state index in [1.165, 1.54) is 0 Å². The van der Waals surface area contributed by atoms with E-state index in [0.29, 0.717) is 10.7 Å². The standard InChI is InChI=1S/C17H22ClN5O/c1-22(2)16-13(18)6-5-7-14(16)21-17(24)23-9-4-3-8-15(23)12-10-19-20-11-12/h5-7,10-11,15H,3-4,8-9H2,1-2H3,(H,19,20)(H,21,24). The molecule has 1 fully saturated rings. The van der Waals surface area contributed by atoms with Crippen LogP contribution < -0.4 is 10.2 Å². The molecule has 3 rings (SSSR count). The van der Waals surface area contributed by atoms with Crippen LogP contribution in [-0.2, 0) is 0 Å². The topological polar surface area (TPSA) is 64.3 Å². The summed E-state index contributed by atoms with van der Waals surface area (Å²) >= 11 is 6.28. The quantitative estimate of drug-likeness (QED) is 0.885. The van der Waals surface area contributed by atoms with Gasteiger partial charge in [-0.1, -0.05) is 17.7 Å². The van der Waals surface area contributed by atoms with Crippen molar-refractivity contribution in [3.05, 3.63) is 41.2 Å². The van der Waals surface area contributed by atoms with E-state index in [9.17, 15) is 4.79 Å². The van der Waals surface area contributed by atoms with Gasteiger partial charge in [0.25, 0.3) is 0 Å². The van der Waals surface area contributed by atoms with Crippen molar-refractivity contribution in [2.24, 2.45) is 0 Å². The molecule has 0 bridgehead atoms. The predicted octanol–water partition coefficient (Wildman–Crippen LogP) is 3.89. The highest BCUT2D eigenvalue weighted by molar-refractivity contribution is 6.34. The number of piperidine rings is 1. The molecular weight excluding hydrogens is 326 g/mol. The Hall–Kier alpha value is -2.21. The van der Waals surface area contributed by atoms with Crippen LogP contribution in [0.4, 0.5) is 16.2 Å². The Balaban J connectivity index is 1.82. The molecule has 128 valence electrons. The van der Waals surface area contributed by atoms with Gasteiger partial charge in [0.2, 0.25) is 0 Å². The summed E-state index contributed by atoms with van der Waals surface area (Å²) in [5.41, 5.74) is 2.57. The summed E-state index contributed by atoms with van der Waals surface area (Å²) in [6.07, 6.45) is 6.72. The summed E-state index contributed by atoms with van der Waals surface area (Å²) in [4.78, 5) is 16.7. The lowest BCUT2D eigenvalue weighted by molar-refractivity contribution is 0.163. The number of aromatic nitrogens is 2. The second kappa shape index (κ2) is 7.13. The summed E-state index contributed by atoms with van der Waals surface area (Å²) in [7, 11) is 3.82. The smallest absolute Gasteiger partial charge is 0.322 e. The van der Waals surface area contributed by atoms with Crippen LogP contribution in [0, 0.1) is 0 Å². The highest BCUT2D eigenvalue weighted by Gasteiger charge is 2.29. The minimum absolute atomic E-state index is 0.0551. The molecule has 24 heavy (non-hydrogen) atoms. The minimum atomic E-state index is -0.105. The van der Waals surface area contributed by atoms with Crippen molar-refractivity contribution in [2.75, 3.05) is 30.9 Å². The van der Waals surface area contributed by atoms with E-state index < -0.39 is 0 Å². The number of benzene rings is 1. The number of rotatable bonds is 3. The molecule has 0 aliphatic carbocycles. The molecular formula is C17H22ClN5O. The average Bonchev–Trinajstić information content (AvgIpc) is 3.09. The zero-order valence-electron chi connectivity index (χ0n) is 13.9. The van der Waals surface area contributed by atoms with E-state index in [1.54, 1.807) is 6.20 Å². The largest absolute Gasteiger partial charge is 0.375 e. The van der Waals surface area contributed by atoms with E-state index in [-0.39, 0.29) is 12.1 Å². The van der Waals surface area contributed by atoms with Gasteiger partial charge in [0.05, 0.1) is 28.6 Å². The number of hydrogen-bond acceptors (Lipinski definition) is 3. The fraction of sp³-hybridized carbons (Fsp3) is 0.412. The lowest BCUT2D eigenvalue weighted by Crippen LogP contribution is -2.41. The molecule has 1 aromatic carbocycles. The first-order valence-corrected chi connectivity index (χ1v) is 8.48. The maximum atomic E-state index is 12.9. The molecule has 1 saturated heterocycles. The number of aromatic amines is 1. The monoisotopic (exact) mass is 347 g/mol. The van der Waals surface area contributed by atoms with E-state index in [1.807, 2.05) is 48.3 Å². The van der Waals surface area contributed by atoms with E-state index in [4.69, 9.17) is 11.6 Å². The minimum Gasteiger partial charge on any atom is -0.375 e. The number of likely N-dealkylation sites (tertiary alicyclic amines) is 1. The van der Waals surface area contributed by atoms with E-state index in [2.05, 4.69) is 15.5 Å². The predicted molar refractivity (Wildman–Crippen MR) is 96.7 cm³/mol. The maximum Gasteiger partial charge on any atom is 0.322 e. The third-order valence-electron chi connectivity index (χ3n) is 4.34. The Labute approximate surface area is 146 Å². The first kappa shape index (κ1) is 16.6. The third-order valence-corrected chi connectivity index (χ3v) is 4.65. The van der Waals surface area contributed by atoms with Crippen molar-refractivity contribution < 1.29 is 4.79 Å². The van der Waals surface area contributed by atoms with Crippen LogP contribution in [0.25, 0.3) is 0 Å². The van der Waals surface area contributed by atoms with Gasteiger partial charge in [-0.25, -0.2) is 4.79 Å². The molecule has 0 radical (unpaired) electrons. The number of amides is 2. The Morgan fingerprint density at radius 3 is 2.96 bits per heavy atom. The molecule has 2 amide bonds. The first-order valence-electron chi connectivity index (χ1n) is 8.10. The molecule has 2 N–H and O–H groups in total. The Morgan fingerprint density at radius 1 is 1.42 bits per heavy atom. The van der Waals surface area contributed by atoms with Crippen LogP contribution in [0.5, 0.6) is 0 Å². The van der Waals surface area contributed by atoms with Gasteiger partial charge in [0, 0.05) is 32.4 Å². The number of urea groups is 1. The summed E-state index contributed by atoms with van der Waals surface area (Å²) in [5.74, 6) is 0. The molecule has 1 atom stereocenters. The van der Waals surface area contributed by atoms with Crippen molar-refractivity contribution in [1.29, 1.82) is 0 Å². The van der Waals surface area contributed by atoms with Gasteiger partial charge >= 0.3 is 6.03 Å². The first-order chi connectivity index (χ1) is 11.6. The number of para-hydroxylation sites is 1. The van der Waals surface area contributed by atoms with Crippen molar-refractivity contribution in [3.8, 4) is 0 Å². The molecule has 1 unspecified atom stereocenters. The SMILES string of the molecule is CN(C)c1c(Cl)cccc1NC(=O)N1CCCCC1c1cn[nH]c1. The molecule has 2 aromatic rings. The Kier molecular flexibility index (Phi) is 4.94. The zero-order valence-corrected chi connectivity index (χ0v) is 14.7. The number of H-pyrrole nitrogens is 1. The molecule has 1 aliphatic rings. The van der Waals surface area contributed by atoms with Crippen LogP contribution in [-0.4, -0.2) is 41.8 Å².